The number of hydrogen-bond acceptors (Lipinski definition) is 5. The molecular formula is C13H20N2O2S. The Morgan fingerprint density at radius 3 is 2.94 bits per heavy atom. The summed E-state index contributed by atoms with van der Waals surface area (Å²) >= 11 is 1.74. The van der Waals surface area contributed by atoms with E-state index in [0.29, 0.717) is 12.0 Å². The summed E-state index contributed by atoms with van der Waals surface area (Å²) in [6.07, 6.45) is 4.53. The van der Waals surface area contributed by atoms with E-state index in [2.05, 4.69) is 24.1 Å². The van der Waals surface area contributed by atoms with Crippen molar-refractivity contribution < 1.29 is 9.47 Å². The highest BCUT2D eigenvalue weighted by molar-refractivity contribution is 7.15. The molecule has 0 bridgehead atoms. The van der Waals surface area contributed by atoms with Gasteiger partial charge >= 0.3 is 0 Å². The van der Waals surface area contributed by atoms with Gasteiger partial charge in [0.15, 0.2) is 5.13 Å². The quantitative estimate of drug-likeness (QED) is 0.911. The first-order valence-corrected chi connectivity index (χ1v) is 7.44. The Hall–Kier alpha value is -0.650. The summed E-state index contributed by atoms with van der Waals surface area (Å²) in [5.41, 5.74) is 0.0539. The molecule has 3 heterocycles. The molecule has 0 aliphatic carbocycles. The normalized spacial score (nSPS) is 25.6. The summed E-state index contributed by atoms with van der Waals surface area (Å²) in [5.74, 6) is 0.552. The minimum atomic E-state index is 0.0539. The van der Waals surface area contributed by atoms with Gasteiger partial charge in [-0.15, -0.1) is 11.3 Å². The topological polar surface area (TPSA) is 43.4 Å². The van der Waals surface area contributed by atoms with Crippen LogP contribution in [0.3, 0.4) is 0 Å². The lowest BCUT2D eigenvalue weighted by molar-refractivity contribution is -0.198. The smallest absolute Gasteiger partial charge is 0.182 e. The van der Waals surface area contributed by atoms with Crippen molar-refractivity contribution >= 4 is 16.5 Å². The van der Waals surface area contributed by atoms with Crippen molar-refractivity contribution in [2.75, 3.05) is 25.1 Å². The van der Waals surface area contributed by atoms with Crippen LogP contribution in [0.2, 0.25) is 0 Å². The molecule has 1 N–H and O–H groups in total. The van der Waals surface area contributed by atoms with E-state index in [4.69, 9.17) is 9.47 Å². The van der Waals surface area contributed by atoms with E-state index in [-0.39, 0.29) is 5.60 Å². The number of anilines is 1. The van der Waals surface area contributed by atoms with Crippen molar-refractivity contribution in [1.82, 2.24) is 4.98 Å². The fraction of sp³-hybridized carbons (Fsp3) is 0.769. The summed E-state index contributed by atoms with van der Waals surface area (Å²) in [7, 11) is 0. The molecule has 1 aromatic rings. The first-order valence-electron chi connectivity index (χ1n) is 6.62. The summed E-state index contributed by atoms with van der Waals surface area (Å²) in [4.78, 5) is 5.72. The molecule has 2 fully saturated rings. The molecule has 1 unspecified atom stereocenters. The molecule has 1 atom stereocenters. The predicted octanol–water partition coefficient (Wildman–Crippen LogP) is 2.63. The number of nitrogens with zero attached hydrogens (tertiary/aromatic N) is 1. The molecule has 2 aliphatic heterocycles. The molecular weight excluding hydrogens is 248 g/mol. The largest absolute Gasteiger partial charge is 0.375 e. The van der Waals surface area contributed by atoms with E-state index < -0.39 is 0 Å². The predicted molar refractivity (Wildman–Crippen MR) is 72.3 cm³/mol. The van der Waals surface area contributed by atoms with Gasteiger partial charge in [0.2, 0.25) is 0 Å². The van der Waals surface area contributed by atoms with Crippen LogP contribution < -0.4 is 5.32 Å². The molecule has 4 nitrogen and oxygen atoms in total. The van der Waals surface area contributed by atoms with Crippen molar-refractivity contribution in [3.63, 3.8) is 0 Å². The van der Waals surface area contributed by atoms with Crippen LogP contribution in [0.5, 0.6) is 0 Å². The minimum Gasteiger partial charge on any atom is -0.375 e. The molecule has 2 aliphatic rings. The Morgan fingerprint density at radius 2 is 2.39 bits per heavy atom. The van der Waals surface area contributed by atoms with Crippen molar-refractivity contribution in [3.05, 3.63) is 11.1 Å². The highest BCUT2D eigenvalue weighted by Gasteiger charge is 2.46. The first-order chi connectivity index (χ1) is 8.67. The van der Waals surface area contributed by atoms with Crippen LogP contribution in [-0.4, -0.2) is 36.4 Å². The zero-order valence-electron chi connectivity index (χ0n) is 10.9. The molecule has 0 aromatic carbocycles. The van der Waals surface area contributed by atoms with Gasteiger partial charge in [0.1, 0.15) is 5.60 Å². The Kier molecular flexibility index (Phi) is 3.30. The molecule has 5 heteroatoms. The van der Waals surface area contributed by atoms with E-state index in [1.807, 2.05) is 6.20 Å². The lowest BCUT2D eigenvalue weighted by Crippen LogP contribution is -2.49. The standard InChI is InChI=1S/C13H20N2O2S/c1-9(2)11-6-15-12(18-11)14-5-10-3-4-13(17-10)7-16-8-13/h6,9-10H,3-5,7-8H2,1-2H3,(H,14,15). The Balaban J connectivity index is 1.49. The first kappa shape index (κ1) is 12.4. The highest BCUT2D eigenvalue weighted by Crippen LogP contribution is 2.36. The van der Waals surface area contributed by atoms with Crippen LogP contribution in [0.1, 0.15) is 37.5 Å². The van der Waals surface area contributed by atoms with Crippen LogP contribution in [-0.2, 0) is 9.47 Å². The summed E-state index contributed by atoms with van der Waals surface area (Å²) in [6.45, 7) is 6.79. The van der Waals surface area contributed by atoms with Gasteiger partial charge in [0.05, 0.1) is 19.3 Å². The van der Waals surface area contributed by atoms with Gasteiger partial charge in [-0.3, -0.25) is 0 Å². The van der Waals surface area contributed by atoms with Gasteiger partial charge in [-0.2, -0.15) is 0 Å². The number of thiazole rings is 1. The second kappa shape index (κ2) is 4.79. The van der Waals surface area contributed by atoms with Gasteiger partial charge in [-0.05, 0) is 18.8 Å². The average Bonchev–Trinajstić information content (AvgIpc) is 2.92. The van der Waals surface area contributed by atoms with Crippen molar-refractivity contribution in [2.24, 2.45) is 0 Å². The summed E-state index contributed by atoms with van der Waals surface area (Å²) in [6, 6.07) is 0. The number of aromatic nitrogens is 1. The number of ether oxygens (including phenoxy) is 2. The van der Waals surface area contributed by atoms with Crippen LogP contribution in [0.25, 0.3) is 0 Å². The van der Waals surface area contributed by atoms with Gasteiger partial charge in [0.25, 0.3) is 0 Å². The second-order valence-electron chi connectivity index (χ2n) is 5.56. The highest BCUT2D eigenvalue weighted by atomic mass is 32.1. The third-order valence-electron chi connectivity index (χ3n) is 3.64. The van der Waals surface area contributed by atoms with Crippen LogP contribution >= 0.6 is 11.3 Å². The Labute approximate surface area is 112 Å². The molecule has 2 saturated heterocycles. The SMILES string of the molecule is CC(C)c1cnc(NCC2CCC3(COC3)O2)s1. The molecule has 1 aromatic heterocycles. The molecule has 0 radical (unpaired) electrons. The molecule has 0 saturated carbocycles. The van der Waals surface area contributed by atoms with Crippen LogP contribution in [0, 0.1) is 0 Å². The van der Waals surface area contributed by atoms with E-state index >= 15 is 0 Å². The van der Waals surface area contributed by atoms with Crippen molar-refractivity contribution in [2.45, 2.75) is 44.3 Å². The molecule has 1 spiro atoms. The maximum absolute atomic E-state index is 6.05. The summed E-state index contributed by atoms with van der Waals surface area (Å²) in [5, 5.41) is 4.40. The van der Waals surface area contributed by atoms with Crippen molar-refractivity contribution in [3.8, 4) is 0 Å². The second-order valence-corrected chi connectivity index (χ2v) is 6.62. The molecule has 0 amide bonds. The number of hydrogen-bond donors (Lipinski definition) is 1. The lowest BCUT2D eigenvalue weighted by Gasteiger charge is -2.37. The lowest BCUT2D eigenvalue weighted by atomic mass is 9.98. The van der Waals surface area contributed by atoms with Gasteiger partial charge in [-0.1, -0.05) is 13.8 Å². The number of rotatable bonds is 4. The van der Waals surface area contributed by atoms with Gasteiger partial charge in [0, 0.05) is 17.6 Å². The van der Waals surface area contributed by atoms with Crippen molar-refractivity contribution in [1.29, 1.82) is 0 Å². The van der Waals surface area contributed by atoms with E-state index in [9.17, 15) is 0 Å². The molecule has 3 rings (SSSR count). The Morgan fingerprint density at radius 1 is 1.56 bits per heavy atom. The average molecular weight is 268 g/mol. The van der Waals surface area contributed by atoms with E-state index in [1.165, 1.54) is 4.88 Å². The zero-order chi connectivity index (χ0) is 12.6. The van der Waals surface area contributed by atoms with Crippen LogP contribution in [0.15, 0.2) is 6.20 Å². The van der Waals surface area contributed by atoms with Gasteiger partial charge < -0.3 is 14.8 Å². The maximum Gasteiger partial charge on any atom is 0.182 e. The van der Waals surface area contributed by atoms with Crippen LogP contribution in [0.4, 0.5) is 5.13 Å². The van der Waals surface area contributed by atoms with E-state index in [0.717, 1.165) is 37.7 Å². The number of nitrogens with one attached hydrogen (secondary N) is 1. The molecule has 100 valence electrons. The monoisotopic (exact) mass is 268 g/mol. The molecule has 18 heavy (non-hydrogen) atoms. The fourth-order valence-electron chi connectivity index (χ4n) is 2.42. The van der Waals surface area contributed by atoms with E-state index in [1.54, 1.807) is 11.3 Å². The van der Waals surface area contributed by atoms with Gasteiger partial charge in [-0.25, -0.2) is 4.98 Å². The third kappa shape index (κ3) is 2.39. The third-order valence-corrected chi connectivity index (χ3v) is 4.90. The minimum absolute atomic E-state index is 0.0539. The summed E-state index contributed by atoms with van der Waals surface area (Å²) < 4.78 is 11.3. The fourth-order valence-corrected chi connectivity index (χ4v) is 3.24. The zero-order valence-corrected chi connectivity index (χ0v) is 11.8. The Bertz CT molecular complexity index is 415. The maximum atomic E-state index is 6.05.